The van der Waals surface area contributed by atoms with Crippen molar-refractivity contribution in [1.29, 1.82) is 0 Å². The molecule has 1 saturated heterocycles. The molecule has 0 amide bonds. The average Bonchev–Trinajstić information content (AvgIpc) is 3.33. The van der Waals surface area contributed by atoms with E-state index in [0.717, 1.165) is 46.6 Å². The normalized spacial score (nSPS) is 14.6. The Bertz CT molecular complexity index is 1250. The minimum atomic E-state index is 0.0212. The second kappa shape index (κ2) is 9.07. The highest BCUT2D eigenvalue weighted by atomic mass is 16.5. The van der Waals surface area contributed by atoms with E-state index in [2.05, 4.69) is 51.7 Å². The number of methoxy groups -OCH3 is 1. The fourth-order valence-electron chi connectivity index (χ4n) is 3.91. The molecule has 0 saturated carbocycles. The summed E-state index contributed by atoms with van der Waals surface area (Å²) in [6, 6.07) is 12.3. The molecule has 0 bridgehead atoms. The fourth-order valence-corrected chi connectivity index (χ4v) is 3.91. The Morgan fingerprint density at radius 3 is 2.76 bits per heavy atom. The van der Waals surface area contributed by atoms with Gasteiger partial charge in [-0.3, -0.25) is 5.10 Å². The Morgan fingerprint density at radius 2 is 2.03 bits per heavy atom. The van der Waals surface area contributed by atoms with Crippen LogP contribution in [0.2, 0.25) is 0 Å². The maximum absolute atomic E-state index is 6.07. The number of anilines is 1. The minimum absolute atomic E-state index is 0.0212. The zero-order valence-electron chi connectivity index (χ0n) is 19.0. The lowest BCUT2D eigenvalue weighted by atomic mass is 10.0. The molecule has 8 heteroatoms. The number of benzene rings is 2. The van der Waals surface area contributed by atoms with Crippen molar-refractivity contribution < 1.29 is 14.2 Å². The van der Waals surface area contributed by atoms with Crippen LogP contribution >= 0.6 is 0 Å². The number of hydrogen-bond acceptors (Lipinski definition) is 7. The highest BCUT2D eigenvalue weighted by Crippen LogP contribution is 2.36. The summed E-state index contributed by atoms with van der Waals surface area (Å²) >= 11 is 0. The monoisotopic (exact) mass is 445 g/mol. The van der Waals surface area contributed by atoms with Crippen LogP contribution in [0.1, 0.15) is 24.4 Å². The third kappa shape index (κ3) is 4.47. The first kappa shape index (κ1) is 21.2. The van der Waals surface area contributed by atoms with Crippen molar-refractivity contribution in [2.24, 2.45) is 5.92 Å². The second-order valence-electron chi connectivity index (χ2n) is 8.33. The Morgan fingerprint density at radius 1 is 1.15 bits per heavy atom. The number of fused-ring (bicyclic) bond motifs is 1. The fraction of sp³-hybridized carbons (Fsp3) is 0.320. The molecule has 4 aromatic rings. The largest absolute Gasteiger partial charge is 0.493 e. The molecule has 1 aliphatic rings. The summed E-state index contributed by atoms with van der Waals surface area (Å²) in [5.41, 5.74) is 4.12. The van der Waals surface area contributed by atoms with Crippen LogP contribution in [0.4, 0.5) is 5.82 Å². The summed E-state index contributed by atoms with van der Waals surface area (Å²) in [5.74, 6) is 3.21. The molecule has 1 aliphatic heterocycles. The van der Waals surface area contributed by atoms with Gasteiger partial charge >= 0.3 is 0 Å². The lowest BCUT2D eigenvalue weighted by molar-refractivity contribution is -0.0510. The molecule has 0 unspecified atom stereocenters. The van der Waals surface area contributed by atoms with Crippen molar-refractivity contribution in [3.8, 4) is 22.6 Å². The topological polar surface area (TPSA) is 94.2 Å². The van der Waals surface area contributed by atoms with E-state index in [1.807, 2.05) is 31.5 Å². The van der Waals surface area contributed by atoms with Crippen LogP contribution < -0.4 is 14.8 Å². The Hall–Kier alpha value is -3.65. The van der Waals surface area contributed by atoms with Crippen molar-refractivity contribution in [3.05, 3.63) is 60.2 Å². The number of aromatic amines is 1. The van der Waals surface area contributed by atoms with Crippen LogP contribution in [0.25, 0.3) is 22.0 Å². The first-order valence-electron chi connectivity index (χ1n) is 11.0. The first-order valence-corrected chi connectivity index (χ1v) is 11.0. The number of hydrogen-bond donors (Lipinski definition) is 2. The summed E-state index contributed by atoms with van der Waals surface area (Å²) in [6.07, 6.45) is 3.71. The molecular weight excluding hydrogens is 418 g/mol. The number of nitrogens with zero attached hydrogens (tertiary/aromatic N) is 3. The van der Waals surface area contributed by atoms with E-state index in [0.29, 0.717) is 29.8 Å². The van der Waals surface area contributed by atoms with Gasteiger partial charge in [-0.25, -0.2) is 9.97 Å². The summed E-state index contributed by atoms with van der Waals surface area (Å²) in [5, 5.41) is 11.4. The van der Waals surface area contributed by atoms with Crippen LogP contribution in [-0.2, 0) is 4.74 Å². The van der Waals surface area contributed by atoms with Crippen LogP contribution in [0, 0.1) is 12.8 Å². The third-order valence-electron chi connectivity index (χ3n) is 5.85. The van der Waals surface area contributed by atoms with E-state index in [1.54, 1.807) is 7.11 Å². The van der Waals surface area contributed by atoms with Gasteiger partial charge in [-0.05, 0) is 37.1 Å². The molecular formula is C25H27N5O3. The Balaban J connectivity index is 1.46. The van der Waals surface area contributed by atoms with Gasteiger partial charge in [-0.15, -0.1) is 0 Å². The van der Waals surface area contributed by atoms with E-state index in [4.69, 9.17) is 19.2 Å². The van der Waals surface area contributed by atoms with Gasteiger partial charge in [0, 0.05) is 35.2 Å². The molecule has 0 aliphatic carbocycles. The molecule has 2 N–H and O–H groups in total. The van der Waals surface area contributed by atoms with E-state index < -0.39 is 0 Å². The first-order chi connectivity index (χ1) is 16.1. The molecule has 1 atom stereocenters. The van der Waals surface area contributed by atoms with Crippen LogP contribution in [0.5, 0.6) is 11.5 Å². The molecule has 8 nitrogen and oxygen atoms in total. The van der Waals surface area contributed by atoms with Crippen molar-refractivity contribution in [1.82, 2.24) is 20.2 Å². The number of H-pyrrole nitrogens is 1. The van der Waals surface area contributed by atoms with Crippen LogP contribution in [0.3, 0.4) is 0 Å². The van der Waals surface area contributed by atoms with Crippen molar-refractivity contribution >= 4 is 16.7 Å². The van der Waals surface area contributed by atoms with E-state index in [9.17, 15) is 0 Å². The lowest BCUT2D eigenvalue weighted by Gasteiger charge is -2.26. The highest BCUT2D eigenvalue weighted by Gasteiger charge is 2.21. The lowest BCUT2D eigenvalue weighted by Crippen LogP contribution is -2.32. The number of aryl methyl sites for hydroxylation is 1. The van der Waals surface area contributed by atoms with Crippen molar-refractivity contribution in [3.63, 3.8) is 0 Å². The molecule has 0 radical (unpaired) electrons. The molecule has 1 fully saturated rings. The number of ether oxygens (including phenoxy) is 3. The smallest absolute Gasteiger partial charge is 0.162 e. The van der Waals surface area contributed by atoms with Gasteiger partial charge in [0.15, 0.2) is 11.5 Å². The minimum Gasteiger partial charge on any atom is -0.493 e. The van der Waals surface area contributed by atoms with Gasteiger partial charge in [0.25, 0.3) is 0 Å². The van der Waals surface area contributed by atoms with Gasteiger partial charge in [-0.1, -0.05) is 18.2 Å². The summed E-state index contributed by atoms with van der Waals surface area (Å²) in [4.78, 5) is 9.32. The molecule has 170 valence electrons. The maximum Gasteiger partial charge on any atom is 0.162 e. The Labute approximate surface area is 192 Å². The van der Waals surface area contributed by atoms with E-state index >= 15 is 0 Å². The summed E-state index contributed by atoms with van der Waals surface area (Å²) in [7, 11) is 1.64. The SMILES string of the molecule is COc1cc2nc(C)nc(N[C@H](C)c3cccc(-c4cn[nH]c4)c3)c2cc1OCC1COC1. The molecule has 0 spiro atoms. The predicted molar refractivity (Wildman–Crippen MR) is 127 cm³/mol. The zero-order valence-corrected chi connectivity index (χ0v) is 19.0. The average molecular weight is 446 g/mol. The molecule has 33 heavy (non-hydrogen) atoms. The highest BCUT2D eigenvalue weighted by molar-refractivity contribution is 5.92. The molecule has 2 aromatic carbocycles. The van der Waals surface area contributed by atoms with Crippen molar-refractivity contribution in [2.75, 3.05) is 32.2 Å². The second-order valence-corrected chi connectivity index (χ2v) is 8.33. The number of aromatic nitrogens is 4. The third-order valence-corrected chi connectivity index (χ3v) is 5.85. The summed E-state index contributed by atoms with van der Waals surface area (Å²) in [6.45, 7) is 6.08. The number of nitrogens with one attached hydrogen (secondary N) is 2. The summed E-state index contributed by atoms with van der Waals surface area (Å²) < 4.78 is 16.9. The molecule has 3 heterocycles. The maximum atomic E-state index is 6.07. The zero-order chi connectivity index (χ0) is 22.8. The number of rotatable bonds is 8. The van der Waals surface area contributed by atoms with E-state index in [1.165, 1.54) is 0 Å². The van der Waals surface area contributed by atoms with Gasteiger partial charge in [0.05, 0.1) is 38.6 Å². The predicted octanol–water partition coefficient (Wildman–Crippen LogP) is 4.54. The van der Waals surface area contributed by atoms with Crippen LogP contribution in [-0.4, -0.2) is 47.1 Å². The molecule has 2 aromatic heterocycles. The standard InChI is InChI=1S/C25H27N5O3/c1-15(18-5-4-6-19(7-18)20-10-26-27-11-20)28-25-21-8-24(33-14-17-12-32-13-17)23(31-3)9-22(21)29-16(2)30-25/h4-11,15,17H,12-14H2,1-3H3,(H,26,27)(H,28,29,30)/t15-/m1/s1. The van der Waals surface area contributed by atoms with Gasteiger partial charge in [0.1, 0.15) is 11.6 Å². The van der Waals surface area contributed by atoms with Crippen molar-refractivity contribution in [2.45, 2.75) is 19.9 Å². The van der Waals surface area contributed by atoms with Gasteiger partial charge in [-0.2, -0.15) is 5.10 Å². The quantitative estimate of drug-likeness (QED) is 0.411. The Kier molecular flexibility index (Phi) is 5.83. The van der Waals surface area contributed by atoms with Gasteiger partial charge in [0.2, 0.25) is 0 Å². The molecule has 5 rings (SSSR count). The van der Waals surface area contributed by atoms with E-state index in [-0.39, 0.29) is 6.04 Å². The van der Waals surface area contributed by atoms with Crippen LogP contribution in [0.15, 0.2) is 48.8 Å². The van der Waals surface area contributed by atoms with Gasteiger partial charge < -0.3 is 19.5 Å².